The second kappa shape index (κ2) is 8.69. The fourth-order valence-electron chi connectivity index (χ4n) is 5.52. The summed E-state index contributed by atoms with van der Waals surface area (Å²) >= 11 is 0. The number of alkyl halides is 1. The lowest BCUT2D eigenvalue weighted by molar-refractivity contribution is -0.132. The number of carbonyl (C=O) groups excluding carboxylic acids is 1. The van der Waals surface area contributed by atoms with Crippen LogP contribution < -0.4 is 4.90 Å². The van der Waals surface area contributed by atoms with Gasteiger partial charge in [-0.05, 0) is 42.6 Å². The second-order valence-corrected chi connectivity index (χ2v) is 9.96. The molecule has 34 heavy (non-hydrogen) atoms. The summed E-state index contributed by atoms with van der Waals surface area (Å²) in [6.45, 7) is 7.56. The molecule has 3 aliphatic rings. The van der Waals surface area contributed by atoms with E-state index in [9.17, 15) is 9.18 Å². The van der Waals surface area contributed by atoms with Crippen molar-refractivity contribution in [2.45, 2.75) is 31.9 Å². The van der Waals surface area contributed by atoms with Gasteiger partial charge < -0.3 is 9.80 Å². The minimum Gasteiger partial charge on any atom is -0.366 e. The van der Waals surface area contributed by atoms with Crippen LogP contribution in [0.3, 0.4) is 0 Å². The second-order valence-electron chi connectivity index (χ2n) is 9.96. The summed E-state index contributed by atoms with van der Waals surface area (Å²) in [5.41, 5.74) is 5.52. The SMILES string of the molecule is CCN1CC(F)C(c2ccc(-c3cc4c(N5CCN(C(=O)C6CC6)CC5)ccnn4c3)cc2)C1. The maximum absolute atomic E-state index is 14.5. The van der Waals surface area contributed by atoms with Crippen molar-refractivity contribution in [3.63, 3.8) is 0 Å². The van der Waals surface area contributed by atoms with Crippen molar-refractivity contribution in [2.75, 3.05) is 50.7 Å². The number of fused-ring (bicyclic) bond motifs is 1. The highest BCUT2D eigenvalue weighted by Gasteiger charge is 2.35. The standard InChI is InChI=1S/C27H32FN5O/c1-2-30-17-23(24(28)18-30)20-5-3-19(4-6-20)22-15-26-25(9-10-29-33(26)16-22)31-11-13-32(14-12-31)27(34)21-7-8-21/h3-6,9-10,15-16,21,23-24H,2,7-8,11-14,17-18H2,1H3. The molecule has 2 aliphatic heterocycles. The molecule has 2 atom stereocenters. The summed E-state index contributed by atoms with van der Waals surface area (Å²) in [6.07, 6.45) is 5.23. The van der Waals surface area contributed by atoms with Crippen molar-refractivity contribution in [3.05, 3.63) is 54.4 Å². The zero-order valence-corrected chi connectivity index (χ0v) is 19.7. The summed E-state index contributed by atoms with van der Waals surface area (Å²) < 4.78 is 16.5. The van der Waals surface area contributed by atoms with E-state index >= 15 is 0 Å². The molecular weight excluding hydrogens is 429 g/mol. The quantitative estimate of drug-likeness (QED) is 0.580. The normalized spacial score (nSPS) is 23.7. The molecule has 6 nitrogen and oxygen atoms in total. The van der Waals surface area contributed by atoms with Crippen molar-refractivity contribution >= 4 is 17.1 Å². The molecule has 0 N–H and O–H groups in total. The molecule has 2 saturated heterocycles. The number of halogens is 1. The number of anilines is 1. The molecule has 3 aromatic rings. The Hall–Kier alpha value is -2.93. The Kier molecular flexibility index (Phi) is 5.52. The number of likely N-dealkylation sites (N-methyl/N-ethyl adjacent to an activating group) is 1. The highest BCUT2D eigenvalue weighted by Crippen LogP contribution is 2.34. The third-order valence-corrected chi connectivity index (χ3v) is 7.79. The predicted octanol–water partition coefficient (Wildman–Crippen LogP) is 3.82. The van der Waals surface area contributed by atoms with Gasteiger partial charge in [-0.15, -0.1) is 0 Å². The molecular formula is C27H32FN5O. The number of aromatic nitrogens is 2. The first-order valence-electron chi connectivity index (χ1n) is 12.6. The minimum absolute atomic E-state index is 0.0409. The summed E-state index contributed by atoms with van der Waals surface area (Å²) in [5, 5.41) is 4.54. The van der Waals surface area contributed by atoms with Gasteiger partial charge in [0.2, 0.25) is 5.91 Å². The van der Waals surface area contributed by atoms with E-state index in [0.29, 0.717) is 12.5 Å². The Bertz CT molecular complexity index is 1180. The smallest absolute Gasteiger partial charge is 0.225 e. The number of piperazine rings is 1. The van der Waals surface area contributed by atoms with Gasteiger partial charge in [-0.1, -0.05) is 31.2 Å². The summed E-state index contributed by atoms with van der Waals surface area (Å²) in [5.74, 6) is 0.585. The van der Waals surface area contributed by atoms with E-state index in [1.165, 1.54) is 0 Å². The first-order valence-corrected chi connectivity index (χ1v) is 12.6. The molecule has 0 radical (unpaired) electrons. The van der Waals surface area contributed by atoms with Gasteiger partial charge in [-0.3, -0.25) is 9.69 Å². The third-order valence-electron chi connectivity index (χ3n) is 7.79. The number of likely N-dealkylation sites (tertiary alicyclic amines) is 1. The van der Waals surface area contributed by atoms with E-state index in [0.717, 1.165) is 80.0 Å². The average Bonchev–Trinajstić information content (AvgIpc) is 3.52. The number of carbonyl (C=O) groups is 1. The van der Waals surface area contributed by atoms with Crippen molar-refractivity contribution in [2.24, 2.45) is 5.92 Å². The van der Waals surface area contributed by atoms with Crippen LogP contribution in [0.1, 0.15) is 31.2 Å². The van der Waals surface area contributed by atoms with E-state index in [2.05, 4.69) is 64.4 Å². The van der Waals surface area contributed by atoms with E-state index in [-0.39, 0.29) is 11.8 Å². The Morgan fingerprint density at radius 1 is 1.03 bits per heavy atom. The molecule has 1 aromatic carbocycles. The minimum atomic E-state index is -0.797. The zero-order valence-electron chi connectivity index (χ0n) is 19.7. The van der Waals surface area contributed by atoms with Crippen LogP contribution in [-0.2, 0) is 4.79 Å². The Morgan fingerprint density at radius 2 is 1.79 bits per heavy atom. The van der Waals surface area contributed by atoms with Crippen LogP contribution >= 0.6 is 0 Å². The summed E-state index contributed by atoms with van der Waals surface area (Å²) in [6, 6.07) is 12.6. The van der Waals surface area contributed by atoms with Crippen LogP contribution in [0, 0.1) is 5.92 Å². The molecule has 4 heterocycles. The molecule has 7 heteroatoms. The largest absolute Gasteiger partial charge is 0.366 e. The maximum atomic E-state index is 14.5. The van der Waals surface area contributed by atoms with Gasteiger partial charge in [0.1, 0.15) is 6.17 Å². The van der Waals surface area contributed by atoms with E-state index in [1.807, 2.05) is 15.6 Å². The summed E-state index contributed by atoms with van der Waals surface area (Å²) in [7, 11) is 0. The van der Waals surface area contributed by atoms with Crippen molar-refractivity contribution in [1.82, 2.24) is 19.4 Å². The fraction of sp³-hybridized carbons (Fsp3) is 0.481. The fourth-order valence-corrected chi connectivity index (χ4v) is 5.52. The molecule has 1 amide bonds. The van der Waals surface area contributed by atoms with Gasteiger partial charge in [0.05, 0.1) is 11.2 Å². The number of benzene rings is 1. The number of nitrogens with zero attached hydrogens (tertiary/aromatic N) is 5. The lowest BCUT2D eigenvalue weighted by atomic mass is 9.95. The molecule has 1 aliphatic carbocycles. The molecule has 1 saturated carbocycles. The molecule has 3 fully saturated rings. The lowest BCUT2D eigenvalue weighted by Gasteiger charge is -2.36. The molecule has 2 aromatic heterocycles. The van der Waals surface area contributed by atoms with Gasteiger partial charge in [0.25, 0.3) is 0 Å². The number of hydrogen-bond donors (Lipinski definition) is 0. The highest BCUT2D eigenvalue weighted by atomic mass is 19.1. The van der Waals surface area contributed by atoms with Gasteiger partial charge in [0.15, 0.2) is 0 Å². The Balaban J connectivity index is 1.20. The van der Waals surface area contributed by atoms with Gasteiger partial charge in [0, 0.05) is 69.1 Å². The highest BCUT2D eigenvalue weighted by molar-refractivity contribution is 5.82. The van der Waals surface area contributed by atoms with E-state index < -0.39 is 6.17 Å². The van der Waals surface area contributed by atoms with Crippen LogP contribution in [0.5, 0.6) is 0 Å². The van der Waals surface area contributed by atoms with Crippen LogP contribution in [0.25, 0.3) is 16.6 Å². The first-order chi connectivity index (χ1) is 16.6. The average molecular weight is 462 g/mol. The third kappa shape index (κ3) is 3.96. The van der Waals surface area contributed by atoms with Gasteiger partial charge in [-0.25, -0.2) is 8.91 Å². The first kappa shape index (κ1) is 21.6. The van der Waals surface area contributed by atoms with Crippen molar-refractivity contribution < 1.29 is 9.18 Å². The lowest BCUT2D eigenvalue weighted by Crippen LogP contribution is -2.49. The molecule has 0 spiro atoms. The molecule has 6 rings (SSSR count). The number of amides is 1. The monoisotopic (exact) mass is 461 g/mol. The number of hydrogen-bond acceptors (Lipinski definition) is 4. The molecule has 178 valence electrons. The van der Waals surface area contributed by atoms with Crippen LogP contribution in [-0.4, -0.2) is 77.3 Å². The Labute approximate surface area is 199 Å². The van der Waals surface area contributed by atoms with Crippen molar-refractivity contribution in [1.29, 1.82) is 0 Å². The summed E-state index contributed by atoms with van der Waals surface area (Å²) in [4.78, 5) is 19.0. The zero-order chi connectivity index (χ0) is 23.2. The molecule has 0 bridgehead atoms. The topological polar surface area (TPSA) is 44.1 Å². The predicted molar refractivity (Wildman–Crippen MR) is 132 cm³/mol. The molecule has 2 unspecified atom stereocenters. The van der Waals surface area contributed by atoms with Crippen LogP contribution in [0.15, 0.2) is 48.8 Å². The number of rotatable bonds is 5. The van der Waals surface area contributed by atoms with Gasteiger partial charge >= 0.3 is 0 Å². The Morgan fingerprint density at radius 3 is 2.47 bits per heavy atom. The van der Waals surface area contributed by atoms with Gasteiger partial charge in [-0.2, -0.15) is 5.10 Å². The van der Waals surface area contributed by atoms with E-state index in [4.69, 9.17) is 0 Å². The van der Waals surface area contributed by atoms with Crippen LogP contribution in [0.2, 0.25) is 0 Å². The van der Waals surface area contributed by atoms with Crippen LogP contribution in [0.4, 0.5) is 10.1 Å². The maximum Gasteiger partial charge on any atom is 0.225 e. The van der Waals surface area contributed by atoms with Crippen molar-refractivity contribution in [3.8, 4) is 11.1 Å². The van der Waals surface area contributed by atoms with E-state index in [1.54, 1.807) is 0 Å².